The Morgan fingerprint density at radius 3 is 2.41 bits per heavy atom. The average molecular weight is 582 g/mol. The Bertz CT molecular complexity index is 941. The number of hydrogen-bond donors (Lipinski definition) is 2. The van der Waals surface area contributed by atoms with E-state index in [1.54, 1.807) is 19.1 Å². The number of allylic oxidation sites excluding steroid dienone is 1. The average Bonchev–Trinajstić information content (AvgIpc) is 3.60. The van der Waals surface area contributed by atoms with Crippen molar-refractivity contribution in [1.29, 1.82) is 0 Å². The number of carbonyl (C=O) groups is 3. The number of epoxide rings is 1. The number of ether oxygens (including phenoxy) is 4. The van der Waals surface area contributed by atoms with Gasteiger partial charge < -0.3 is 38.9 Å². The van der Waals surface area contributed by atoms with E-state index in [1.165, 1.54) is 0 Å². The monoisotopic (exact) mass is 581 g/mol. The molecular weight excluding hydrogens is 530 g/mol. The van der Waals surface area contributed by atoms with Crippen molar-refractivity contribution in [2.45, 2.75) is 128 Å². The molecule has 0 aromatic carbocycles. The highest BCUT2D eigenvalue weighted by Crippen LogP contribution is 2.45. The van der Waals surface area contributed by atoms with Crippen LogP contribution in [0.25, 0.3) is 0 Å². The Morgan fingerprint density at radius 1 is 1.12 bits per heavy atom. The number of carbonyl (C=O) groups excluding carboxylic acids is 3. The van der Waals surface area contributed by atoms with Gasteiger partial charge in [-0.05, 0) is 65.3 Å². The fourth-order valence-electron chi connectivity index (χ4n) is 6.50. The van der Waals surface area contributed by atoms with Crippen LogP contribution >= 0.6 is 0 Å². The molecule has 10 heteroatoms. The maximum atomic E-state index is 13.2. The molecule has 2 fully saturated rings. The third-order valence-corrected chi connectivity index (χ3v) is 9.29. The van der Waals surface area contributed by atoms with Crippen molar-refractivity contribution in [2.24, 2.45) is 23.7 Å². The predicted octanol–water partition coefficient (Wildman–Crippen LogP) is 2.67. The number of likely N-dealkylation sites (N-methyl/N-ethyl adjacent to an activating group) is 1. The largest absolute Gasteiger partial charge is 0.462 e. The highest BCUT2D eigenvalue weighted by atomic mass is 16.7. The topological polar surface area (TPSA) is 135 Å². The number of rotatable bonds is 6. The fraction of sp³-hybridized carbons (Fsp3) is 0.839. The molecule has 0 amide bonds. The number of fused-ring (bicyclic) bond motifs is 1. The maximum absolute atomic E-state index is 13.2. The smallest absolute Gasteiger partial charge is 0.308 e. The summed E-state index contributed by atoms with van der Waals surface area (Å²) in [6.07, 6.45) is 0.627. The highest BCUT2D eigenvalue weighted by molar-refractivity contribution is 5.91. The van der Waals surface area contributed by atoms with Crippen LogP contribution in [-0.2, 0) is 33.3 Å². The molecule has 0 radical (unpaired) electrons. The molecule has 2 N–H and O–H groups in total. The molecule has 0 spiro atoms. The van der Waals surface area contributed by atoms with Crippen molar-refractivity contribution in [3.63, 3.8) is 0 Å². The molecule has 3 aliphatic rings. The van der Waals surface area contributed by atoms with Crippen LogP contribution in [0.1, 0.15) is 73.6 Å². The standard InChI is InChI=1S/C31H51NO9/c1-9-25-20(5)29-31(6,41-29)12-10-23(34)17(2)14-21(11-13-33)28(19(4)24(35)16-26(36)39-25)40-30-27(37)22(32(7)8)15-18(3)38-30/h10,12-13,17-22,24-25,27-30,35,37H,9,11,14-16H2,1-8H3/b12-10-/t17-,18-,19+,20-,21+,22+,24-,25?,27-,28-,29+,30+,31+/m1/s1. The summed E-state index contributed by atoms with van der Waals surface area (Å²) in [5.74, 6) is -2.32. The van der Waals surface area contributed by atoms with Crippen LogP contribution in [0.2, 0.25) is 0 Å². The van der Waals surface area contributed by atoms with Gasteiger partial charge in [0.05, 0.1) is 30.8 Å². The van der Waals surface area contributed by atoms with Crippen LogP contribution in [0.4, 0.5) is 0 Å². The van der Waals surface area contributed by atoms with Gasteiger partial charge in [-0.15, -0.1) is 0 Å². The Balaban J connectivity index is 1.95. The number of aliphatic hydroxyl groups is 2. The van der Waals surface area contributed by atoms with Crippen molar-refractivity contribution < 1.29 is 43.5 Å². The van der Waals surface area contributed by atoms with Gasteiger partial charge in [0.1, 0.15) is 24.1 Å². The first kappa shape index (κ1) is 33.8. The Kier molecular flexibility index (Phi) is 11.7. The van der Waals surface area contributed by atoms with Crippen molar-refractivity contribution in [3.05, 3.63) is 12.2 Å². The van der Waals surface area contributed by atoms with Crippen LogP contribution in [-0.4, -0.2) is 102 Å². The zero-order valence-corrected chi connectivity index (χ0v) is 25.9. The van der Waals surface area contributed by atoms with Crippen LogP contribution in [0, 0.1) is 23.7 Å². The number of aliphatic hydroxyl groups excluding tert-OH is 2. The summed E-state index contributed by atoms with van der Waals surface area (Å²) in [4.78, 5) is 40.0. The van der Waals surface area contributed by atoms with Crippen molar-refractivity contribution in [3.8, 4) is 0 Å². The van der Waals surface area contributed by atoms with E-state index in [2.05, 4.69) is 0 Å². The molecule has 0 aromatic heterocycles. The molecule has 3 aliphatic heterocycles. The first-order valence-corrected chi connectivity index (χ1v) is 15.1. The molecule has 234 valence electrons. The van der Waals surface area contributed by atoms with Gasteiger partial charge in [0.25, 0.3) is 0 Å². The summed E-state index contributed by atoms with van der Waals surface area (Å²) >= 11 is 0. The second-order valence-electron chi connectivity index (χ2n) is 12.9. The minimum absolute atomic E-state index is 0.0707. The summed E-state index contributed by atoms with van der Waals surface area (Å²) in [6, 6.07) is -0.219. The lowest BCUT2D eigenvalue weighted by atomic mass is 9.79. The summed E-state index contributed by atoms with van der Waals surface area (Å²) in [5.41, 5.74) is -0.637. The first-order chi connectivity index (χ1) is 19.2. The van der Waals surface area contributed by atoms with Gasteiger partial charge in [0.15, 0.2) is 12.1 Å². The van der Waals surface area contributed by atoms with Crippen LogP contribution in [0.15, 0.2) is 12.2 Å². The second kappa shape index (κ2) is 14.2. The third-order valence-electron chi connectivity index (χ3n) is 9.29. The minimum Gasteiger partial charge on any atom is -0.462 e. The van der Waals surface area contributed by atoms with Gasteiger partial charge in [-0.2, -0.15) is 0 Å². The van der Waals surface area contributed by atoms with Crippen LogP contribution < -0.4 is 0 Å². The number of nitrogens with zero attached hydrogens (tertiary/aromatic N) is 1. The molecule has 0 bridgehead atoms. The lowest BCUT2D eigenvalue weighted by Gasteiger charge is -2.44. The van der Waals surface area contributed by atoms with Gasteiger partial charge in [-0.3, -0.25) is 9.59 Å². The summed E-state index contributed by atoms with van der Waals surface area (Å²) in [7, 11) is 3.76. The van der Waals surface area contributed by atoms with E-state index in [4.69, 9.17) is 18.9 Å². The van der Waals surface area contributed by atoms with E-state index < -0.39 is 60.0 Å². The van der Waals surface area contributed by atoms with Crippen LogP contribution in [0.5, 0.6) is 0 Å². The molecule has 0 aliphatic carbocycles. The normalized spacial score (nSPS) is 45.5. The Morgan fingerprint density at radius 2 is 1.80 bits per heavy atom. The second-order valence-corrected chi connectivity index (χ2v) is 12.9. The molecule has 0 aromatic rings. The number of hydrogen-bond acceptors (Lipinski definition) is 10. The Hall–Kier alpha value is -1.69. The summed E-state index contributed by atoms with van der Waals surface area (Å²) < 4.78 is 24.2. The van der Waals surface area contributed by atoms with Crippen molar-refractivity contribution in [1.82, 2.24) is 4.90 Å². The Labute approximate surface area is 244 Å². The molecular formula is C31H51NO9. The van der Waals surface area contributed by atoms with Crippen LogP contribution in [0.3, 0.4) is 0 Å². The predicted molar refractivity (Wildman–Crippen MR) is 152 cm³/mol. The molecule has 3 heterocycles. The van der Waals surface area contributed by atoms with E-state index in [0.29, 0.717) is 19.3 Å². The highest BCUT2D eigenvalue weighted by Gasteiger charge is 2.55. The summed E-state index contributed by atoms with van der Waals surface area (Å²) in [5, 5.41) is 22.4. The molecule has 2 saturated heterocycles. The maximum Gasteiger partial charge on any atom is 0.308 e. The van der Waals surface area contributed by atoms with E-state index in [-0.39, 0.29) is 42.8 Å². The lowest BCUT2D eigenvalue weighted by molar-refractivity contribution is -0.283. The lowest BCUT2D eigenvalue weighted by Crippen LogP contribution is -2.56. The van der Waals surface area contributed by atoms with Gasteiger partial charge in [-0.1, -0.05) is 27.7 Å². The molecule has 13 atom stereocenters. The van der Waals surface area contributed by atoms with Gasteiger partial charge in [0.2, 0.25) is 0 Å². The van der Waals surface area contributed by atoms with E-state index in [9.17, 15) is 24.6 Å². The molecule has 10 nitrogen and oxygen atoms in total. The summed E-state index contributed by atoms with van der Waals surface area (Å²) in [6.45, 7) is 11.3. The quantitative estimate of drug-likeness (QED) is 0.274. The van der Waals surface area contributed by atoms with Gasteiger partial charge in [0, 0.05) is 30.2 Å². The molecule has 1 unspecified atom stereocenters. The number of aldehydes is 1. The molecule has 41 heavy (non-hydrogen) atoms. The van der Waals surface area contributed by atoms with E-state index >= 15 is 0 Å². The fourth-order valence-corrected chi connectivity index (χ4v) is 6.50. The number of esters is 1. The first-order valence-electron chi connectivity index (χ1n) is 15.1. The number of ketones is 1. The third kappa shape index (κ3) is 8.24. The SMILES string of the molecule is CCC1OC(=O)C[C@@H](O)[C@H](C)[C@@H](O[C@@H]2O[C@H](C)C[C@H](N(C)C)[C@H]2O)[C@@H](CC=O)C[C@@H](C)C(=O)/C=C\[C@]2(C)O[C@H]2[C@@H]1C. The van der Waals surface area contributed by atoms with Gasteiger partial charge >= 0.3 is 5.97 Å². The van der Waals surface area contributed by atoms with E-state index in [1.807, 2.05) is 53.6 Å². The number of cyclic esters (lactones) is 1. The molecule has 3 rings (SSSR count). The minimum atomic E-state index is -1.15. The zero-order valence-electron chi connectivity index (χ0n) is 25.9. The van der Waals surface area contributed by atoms with E-state index in [0.717, 1.165) is 6.29 Å². The van der Waals surface area contributed by atoms with Crippen molar-refractivity contribution in [2.75, 3.05) is 14.1 Å². The van der Waals surface area contributed by atoms with Gasteiger partial charge in [-0.25, -0.2) is 0 Å². The van der Waals surface area contributed by atoms with Crippen molar-refractivity contribution >= 4 is 18.0 Å². The molecule has 0 saturated carbocycles. The zero-order chi connectivity index (χ0) is 30.6.